The molecule has 0 amide bonds. The van der Waals surface area contributed by atoms with Crippen LogP contribution in [0.4, 0.5) is 0 Å². The van der Waals surface area contributed by atoms with E-state index in [-0.39, 0.29) is 6.42 Å². The van der Waals surface area contributed by atoms with Crippen LogP contribution in [0.3, 0.4) is 0 Å². The fraction of sp³-hybridized carbons (Fsp3) is 1.00. The minimum Gasteiger partial charge on any atom is -0.264 e. The molecule has 0 radical (unpaired) electrons. The minimum atomic E-state index is -4.71. The fourth-order valence-corrected chi connectivity index (χ4v) is 2.82. The Balaban J connectivity index is 3.98. The van der Waals surface area contributed by atoms with Crippen LogP contribution in [-0.2, 0) is 29.2 Å². The van der Waals surface area contributed by atoms with E-state index in [9.17, 15) is 16.8 Å². The summed E-state index contributed by atoms with van der Waals surface area (Å²) in [5, 5.41) is 0. The minimum absolute atomic E-state index is 0.199. The molecule has 134 valence electrons. The molecule has 0 rings (SSSR count). The van der Waals surface area contributed by atoms with Crippen molar-refractivity contribution in [2.45, 2.75) is 70.8 Å². The van der Waals surface area contributed by atoms with E-state index in [2.05, 4.69) is 15.3 Å². The van der Waals surface area contributed by atoms with Crippen LogP contribution in [0, 0.1) is 0 Å². The molecule has 0 saturated heterocycles. The number of hydrogen-bond donors (Lipinski definition) is 2. The molecular formula is C12H26O8S2. The summed E-state index contributed by atoms with van der Waals surface area (Å²) in [6.45, 7) is 1.47. The van der Waals surface area contributed by atoms with E-state index in [1.54, 1.807) is 0 Å². The van der Waals surface area contributed by atoms with Crippen molar-refractivity contribution in [2.24, 2.45) is 0 Å². The van der Waals surface area contributed by atoms with Crippen molar-refractivity contribution in [1.29, 1.82) is 0 Å². The monoisotopic (exact) mass is 362 g/mol. The van der Waals surface area contributed by atoms with Crippen LogP contribution in [0.5, 0.6) is 0 Å². The van der Waals surface area contributed by atoms with Crippen LogP contribution in [0.2, 0.25) is 0 Å². The lowest BCUT2D eigenvalue weighted by molar-refractivity contribution is 0.106. The Morgan fingerprint density at radius 3 is 1.77 bits per heavy atom. The van der Waals surface area contributed by atoms with Crippen molar-refractivity contribution in [1.82, 2.24) is 0 Å². The highest BCUT2D eigenvalue weighted by Gasteiger charge is 2.20. The molecule has 8 nitrogen and oxygen atoms in total. The predicted molar refractivity (Wildman–Crippen MR) is 81.1 cm³/mol. The van der Waals surface area contributed by atoms with Gasteiger partial charge in [-0.15, -0.1) is 0 Å². The third-order valence-electron chi connectivity index (χ3n) is 3.04. The first-order valence-electron chi connectivity index (χ1n) is 7.41. The summed E-state index contributed by atoms with van der Waals surface area (Å²) in [5.41, 5.74) is 0. The lowest BCUT2D eigenvalue weighted by Crippen LogP contribution is -2.25. The average molecular weight is 362 g/mol. The van der Waals surface area contributed by atoms with Crippen molar-refractivity contribution in [3.05, 3.63) is 0 Å². The normalized spacial score (nSPS) is 14.1. The lowest BCUT2D eigenvalue weighted by Gasteiger charge is -2.14. The van der Waals surface area contributed by atoms with Gasteiger partial charge in [-0.25, -0.2) is 8.37 Å². The molecule has 0 bridgehead atoms. The van der Waals surface area contributed by atoms with Crippen LogP contribution in [0.15, 0.2) is 0 Å². The maximum Gasteiger partial charge on any atom is 0.397 e. The topological polar surface area (TPSA) is 127 Å². The van der Waals surface area contributed by atoms with Crippen molar-refractivity contribution < 1.29 is 34.3 Å². The zero-order valence-corrected chi connectivity index (χ0v) is 14.4. The maximum atomic E-state index is 10.7. The summed E-state index contributed by atoms with van der Waals surface area (Å²) < 4.78 is 67.8. The maximum absolute atomic E-state index is 10.7. The van der Waals surface area contributed by atoms with E-state index in [0.717, 1.165) is 25.7 Å². The van der Waals surface area contributed by atoms with E-state index < -0.39 is 33.5 Å². The molecule has 0 aromatic rings. The summed E-state index contributed by atoms with van der Waals surface area (Å²) in [4.78, 5) is 0. The molecule has 1 unspecified atom stereocenters. The second-order valence-corrected chi connectivity index (χ2v) is 7.26. The Hall–Kier alpha value is -0.260. The molecule has 0 aliphatic heterocycles. The summed E-state index contributed by atoms with van der Waals surface area (Å²) >= 11 is 0. The van der Waals surface area contributed by atoms with Gasteiger partial charge in [0.15, 0.2) is 0 Å². The van der Waals surface area contributed by atoms with Gasteiger partial charge in [-0.05, 0) is 6.42 Å². The quantitative estimate of drug-likeness (QED) is 0.356. The van der Waals surface area contributed by atoms with Crippen molar-refractivity contribution in [3.8, 4) is 0 Å². The molecule has 0 aromatic heterocycles. The fourth-order valence-electron chi connectivity index (χ4n) is 2.00. The second-order valence-electron chi connectivity index (χ2n) is 5.12. The highest BCUT2D eigenvalue weighted by atomic mass is 32.3. The molecular weight excluding hydrogens is 336 g/mol. The zero-order valence-electron chi connectivity index (χ0n) is 12.8. The molecule has 0 heterocycles. The molecule has 22 heavy (non-hydrogen) atoms. The summed E-state index contributed by atoms with van der Waals surface area (Å²) in [6, 6.07) is 0. The van der Waals surface area contributed by atoms with Gasteiger partial charge in [0.1, 0.15) is 6.10 Å². The molecule has 0 aromatic carbocycles. The zero-order chi connectivity index (χ0) is 17.1. The number of unbranched alkanes of at least 4 members (excludes halogenated alkanes) is 7. The van der Waals surface area contributed by atoms with E-state index in [1.807, 2.05) is 0 Å². The largest absolute Gasteiger partial charge is 0.397 e. The molecule has 0 spiro atoms. The molecule has 1 atom stereocenters. The molecule has 10 heteroatoms. The van der Waals surface area contributed by atoms with Crippen LogP contribution < -0.4 is 0 Å². The van der Waals surface area contributed by atoms with Crippen LogP contribution >= 0.6 is 0 Å². The van der Waals surface area contributed by atoms with E-state index in [0.29, 0.717) is 6.42 Å². The smallest absolute Gasteiger partial charge is 0.264 e. The van der Waals surface area contributed by atoms with Crippen LogP contribution in [0.1, 0.15) is 64.7 Å². The van der Waals surface area contributed by atoms with E-state index >= 15 is 0 Å². The first-order chi connectivity index (χ1) is 10.1. The van der Waals surface area contributed by atoms with Gasteiger partial charge in [0.2, 0.25) is 0 Å². The van der Waals surface area contributed by atoms with Gasteiger partial charge in [-0.1, -0.05) is 58.3 Å². The molecule has 0 saturated carbocycles. The van der Waals surface area contributed by atoms with E-state index in [4.69, 9.17) is 9.11 Å². The third kappa shape index (κ3) is 16.1. The summed E-state index contributed by atoms with van der Waals surface area (Å²) in [7, 11) is -9.38. The Morgan fingerprint density at radius 1 is 0.818 bits per heavy atom. The lowest BCUT2D eigenvalue weighted by atomic mass is 10.1. The van der Waals surface area contributed by atoms with Crippen LogP contribution in [0.25, 0.3) is 0 Å². The Labute approximate surface area is 133 Å². The van der Waals surface area contributed by atoms with E-state index in [1.165, 1.54) is 19.3 Å². The van der Waals surface area contributed by atoms with Gasteiger partial charge in [0.25, 0.3) is 0 Å². The van der Waals surface area contributed by atoms with Crippen molar-refractivity contribution >= 4 is 20.8 Å². The summed E-state index contributed by atoms with van der Waals surface area (Å²) in [6.07, 6.45) is 7.32. The van der Waals surface area contributed by atoms with Gasteiger partial charge >= 0.3 is 20.8 Å². The van der Waals surface area contributed by atoms with Gasteiger partial charge in [-0.3, -0.25) is 9.11 Å². The SMILES string of the molecule is CCCCCCCCCCC(COS(=O)(=O)O)OS(=O)(=O)O. The Bertz CT molecular complexity index is 471. The third-order valence-corrected chi connectivity index (χ3v) is 3.99. The molecule has 2 N–H and O–H groups in total. The highest BCUT2D eigenvalue weighted by Crippen LogP contribution is 2.13. The Kier molecular flexibility index (Phi) is 11.2. The molecule has 0 aliphatic rings. The molecule has 0 aliphatic carbocycles. The summed E-state index contributed by atoms with van der Waals surface area (Å²) in [5.74, 6) is 0. The highest BCUT2D eigenvalue weighted by molar-refractivity contribution is 7.81. The van der Waals surface area contributed by atoms with Crippen molar-refractivity contribution in [3.63, 3.8) is 0 Å². The first kappa shape index (κ1) is 21.7. The van der Waals surface area contributed by atoms with Crippen LogP contribution in [-0.4, -0.2) is 38.7 Å². The predicted octanol–water partition coefficient (Wildman–Crippen LogP) is 2.52. The van der Waals surface area contributed by atoms with Gasteiger partial charge in [-0.2, -0.15) is 16.8 Å². The number of rotatable bonds is 14. The average Bonchev–Trinajstić information content (AvgIpc) is 2.36. The van der Waals surface area contributed by atoms with Gasteiger partial charge in [0, 0.05) is 0 Å². The van der Waals surface area contributed by atoms with Gasteiger partial charge < -0.3 is 0 Å². The molecule has 0 fully saturated rings. The second kappa shape index (κ2) is 11.3. The number of hydrogen-bond acceptors (Lipinski definition) is 6. The first-order valence-corrected chi connectivity index (χ1v) is 10.1. The van der Waals surface area contributed by atoms with Crippen molar-refractivity contribution in [2.75, 3.05) is 6.61 Å². The standard InChI is InChI=1S/C12H26O8S2/c1-2-3-4-5-6-7-8-9-10-12(20-22(16,17)18)11-19-21(13,14)15/h12H,2-11H2,1H3,(H,13,14,15)(H,16,17,18). The van der Waals surface area contributed by atoms with Gasteiger partial charge in [0.05, 0.1) is 6.61 Å². The Morgan fingerprint density at radius 2 is 1.32 bits per heavy atom.